The molecule has 0 fully saturated rings. The molecule has 0 spiro atoms. The van der Waals surface area contributed by atoms with Crippen molar-refractivity contribution in [3.8, 4) is 0 Å². The van der Waals surface area contributed by atoms with E-state index in [2.05, 4.69) is 10.3 Å². The fourth-order valence-corrected chi connectivity index (χ4v) is 2.01. The number of rotatable bonds is 4. The van der Waals surface area contributed by atoms with Crippen molar-refractivity contribution in [1.82, 2.24) is 10.3 Å². The third kappa shape index (κ3) is 3.55. The summed E-state index contributed by atoms with van der Waals surface area (Å²) in [6.07, 6.45) is 3.25. The van der Waals surface area contributed by atoms with Crippen LogP contribution < -0.4 is 5.32 Å². The van der Waals surface area contributed by atoms with E-state index >= 15 is 0 Å². The number of nitrogens with zero attached hydrogens (tertiary/aromatic N) is 2. The highest BCUT2D eigenvalue weighted by Crippen LogP contribution is 2.23. The van der Waals surface area contributed by atoms with E-state index in [1.165, 1.54) is 12.1 Å². The maximum Gasteiger partial charge on any atom is 0.270 e. The Morgan fingerprint density at radius 3 is 2.62 bits per heavy atom. The van der Waals surface area contributed by atoms with Gasteiger partial charge < -0.3 is 5.32 Å². The molecule has 1 aromatic carbocycles. The van der Waals surface area contributed by atoms with Crippen LogP contribution in [0.4, 0.5) is 5.69 Å². The molecule has 0 saturated carbocycles. The first-order valence-corrected chi connectivity index (χ1v) is 6.51. The summed E-state index contributed by atoms with van der Waals surface area (Å²) in [6, 6.07) is 7.05. The largest absolute Gasteiger partial charge is 0.345 e. The highest BCUT2D eigenvalue weighted by Gasteiger charge is 2.17. The number of non-ortho nitro benzene ring substituents is 1. The lowest BCUT2D eigenvalue weighted by molar-refractivity contribution is -0.384. The third-order valence-electron chi connectivity index (χ3n) is 2.96. The zero-order chi connectivity index (χ0) is 15.4. The van der Waals surface area contributed by atoms with Gasteiger partial charge >= 0.3 is 0 Å². The molecule has 1 heterocycles. The van der Waals surface area contributed by atoms with E-state index in [0.717, 1.165) is 11.6 Å². The van der Waals surface area contributed by atoms with Gasteiger partial charge in [0.1, 0.15) is 0 Å². The van der Waals surface area contributed by atoms with Crippen LogP contribution in [0, 0.1) is 10.1 Å². The number of aromatic nitrogens is 1. The number of hydrogen-bond acceptors (Lipinski definition) is 4. The van der Waals surface area contributed by atoms with Gasteiger partial charge in [0.15, 0.2) is 0 Å². The Labute approximate surface area is 125 Å². The number of nitro benzene ring substituents is 1. The molecule has 0 aliphatic carbocycles. The van der Waals surface area contributed by atoms with E-state index in [4.69, 9.17) is 11.6 Å². The fourth-order valence-electron chi connectivity index (χ4n) is 1.81. The molecule has 0 bridgehead atoms. The summed E-state index contributed by atoms with van der Waals surface area (Å²) in [4.78, 5) is 26.3. The lowest BCUT2D eigenvalue weighted by Crippen LogP contribution is -2.27. The number of nitro groups is 1. The van der Waals surface area contributed by atoms with Crippen molar-refractivity contribution in [3.05, 3.63) is 69.0 Å². The zero-order valence-electron chi connectivity index (χ0n) is 11.1. The molecule has 108 valence electrons. The van der Waals surface area contributed by atoms with Gasteiger partial charge in [-0.1, -0.05) is 11.6 Å². The van der Waals surface area contributed by atoms with Crippen LogP contribution in [-0.2, 0) is 0 Å². The van der Waals surface area contributed by atoms with Crippen LogP contribution in [0.25, 0.3) is 0 Å². The normalized spacial score (nSPS) is 11.7. The molecule has 1 atom stereocenters. The van der Waals surface area contributed by atoms with Crippen molar-refractivity contribution in [2.45, 2.75) is 13.0 Å². The monoisotopic (exact) mass is 305 g/mol. The molecule has 1 unspecified atom stereocenters. The number of carbonyl (C=O) groups excluding carboxylic acids is 1. The van der Waals surface area contributed by atoms with Crippen molar-refractivity contribution in [1.29, 1.82) is 0 Å². The quantitative estimate of drug-likeness (QED) is 0.694. The minimum absolute atomic E-state index is 0.0757. The summed E-state index contributed by atoms with van der Waals surface area (Å²) < 4.78 is 0. The summed E-state index contributed by atoms with van der Waals surface area (Å²) >= 11 is 5.93. The van der Waals surface area contributed by atoms with Crippen molar-refractivity contribution in [2.24, 2.45) is 0 Å². The van der Waals surface area contributed by atoms with E-state index < -0.39 is 10.8 Å². The summed E-state index contributed by atoms with van der Waals surface area (Å²) in [6.45, 7) is 1.80. The predicted molar refractivity (Wildman–Crippen MR) is 78.2 cm³/mol. The minimum atomic E-state index is -0.570. The lowest BCUT2D eigenvalue weighted by atomic mass is 10.1. The number of amides is 1. The summed E-state index contributed by atoms with van der Waals surface area (Å²) in [5, 5.41) is 13.7. The molecule has 0 radical (unpaired) electrons. The smallest absolute Gasteiger partial charge is 0.270 e. The molecule has 21 heavy (non-hydrogen) atoms. The zero-order valence-corrected chi connectivity index (χ0v) is 11.9. The minimum Gasteiger partial charge on any atom is -0.345 e. The highest BCUT2D eigenvalue weighted by molar-refractivity contribution is 6.33. The maximum atomic E-state index is 12.2. The van der Waals surface area contributed by atoms with Gasteiger partial charge in [-0.2, -0.15) is 0 Å². The Morgan fingerprint density at radius 1 is 1.33 bits per heavy atom. The average Bonchev–Trinajstić information content (AvgIpc) is 2.48. The van der Waals surface area contributed by atoms with Crippen LogP contribution in [0.5, 0.6) is 0 Å². The van der Waals surface area contributed by atoms with E-state index in [9.17, 15) is 14.9 Å². The van der Waals surface area contributed by atoms with E-state index in [1.54, 1.807) is 31.5 Å². The molecule has 0 saturated heterocycles. The fraction of sp³-hybridized carbons (Fsp3) is 0.143. The topological polar surface area (TPSA) is 85.1 Å². The van der Waals surface area contributed by atoms with Gasteiger partial charge in [-0.25, -0.2) is 0 Å². The lowest BCUT2D eigenvalue weighted by Gasteiger charge is -2.14. The number of benzene rings is 1. The van der Waals surface area contributed by atoms with Gasteiger partial charge in [0, 0.05) is 24.5 Å². The Kier molecular flexibility index (Phi) is 4.49. The SMILES string of the molecule is CC(NC(=O)c1cc([N+](=O)[O-])ccc1Cl)c1ccncc1. The van der Waals surface area contributed by atoms with Gasteiger partial charge in [0.2, 0.25) is 0 Å². The standard InChI is InChI=1S/C14H12ClN3O3/c1-9(10-4-6-16-7-5-10)17-14(19)12-8-11(18(20)21)2-3-13(12)15/h2-9H,1H3,(H,17,19). The maximum absolute atomic E-state index is 12.2. The first-order valence-electron chi connectivity index (χ1n) is 6.14. The van der Waals surface area contributed by atoms with Crippen LogP contribution in [0.2, 0.25) is 5.02 Å². The second-order valence-electron chi connectivity index (χ2n) is 4.40. The molecule has 1 aromatic heterocycles. The third-order valence-corrected chi connectivity index (χ3v) is 3.29. The average molecular weight is 306 g/mol. The number of hydrogen-bond donors (Lipinski definition) is 1. The molecule has 6 nitrogen and oxygen atoms in total. The molecule has 7 heteroatoms. The molecule has 0 aliphatic heterocycles. The van der Waals surface area contributed by atoms with Crippen molar-refractivity contribution >= 4 is 23.2 Å². The second-order valence-corrected chi connectivity index (χ2v) is 4.80. The van der Waals surface area contributed by atoms with Crippen molar-refractivity contribution in [2.75, 3.05) is 0 Å². The van der Waals surface area contributed by atoms with Gasteiger partial charge in [-0.05, 0) is 30.7 Å². The van der Waals surface area contributed by atoms with Gasteiger partial charge in [-0.15, -0.1) is 0 Å². The Bertz CT molecular complexity index is 676. The predicted octanol–water partition coefficient (Wildman–Crippen LogP) is 3.13. The number of nitrogens with one attached hydrogen (secondary N) is 1. The number of pyridine rings is 1. The summed E-state index contributed by atoms with van der Waals surface area (Å²) in [7, 11) is 0. The van der Waals surface area contributed by atoms with E-state index in [-0.39, 0.29) is 22.3 Å². The van der Waals surface area contributed by atoms with Crippen LogP contribution in [0.1, 0.15) is 28.9 Å². The first kappa shape index (κ1) is 14.9. The molecular formula is C14H12ClN3O3. The van der Waals surface area contributed by atoms with Crippen LogP contribution >= 0.6 is 11.6 Å². The summed E-state index contributed by atoms with van der Waals surface area (Å²) in [5.41, 5.74) is 0.771. The Hall–Kier alpha value is -2.47. The van der Waals surface area contributed by atoms with E-state index in [0.29, 0.717) is 0 Å². The Morgan fingerprint density at radius 2 is 2.00 bits per heavy atom. The molecular weight excluding hydrogens is 294 g/mol. The van der Waals surface area contributed by atoms with Gasteiger partial charge in [0.25, 0.3) is 11.6 Å². The van der Waals surface area contributed by atoms with Crippen LogP contribution in [0.15, 0.2) is 42.7 Å². The molecule has 1 N–H and O–H groups in total. The van der Waals surface area contributed by atoms with Crippen molar-refractivity contribution in [3.63, 3.8) is 0 Å². The van der Waals surface area contributed by atoms with Gasteiger partial charge in [-0.3, -0.25) is 19.9 Å². The molecule has 1 amide bonds. The molecule has 2 rings (SSSR count). The van der Waals surface area contributed by atoms with E-state index in [1.807, 2.05) is 0 Å². The molecule has 2 aromatic rings. The number of carbonyl (C=O) groups is 1. The first-order chi connectivity index (χ1) is 9.99. The highest BCUT2D eigenvalue weighted by atomic mass is 35.5. The van der Waals surface area contributed by atoms with Crippen LogP contribution in [0.3, 0.4) is 0 Å². The van der Waals surface area contributed by atoms with Crippen molar-refractivity contribution < 1.29 is 9.72 Å². The Balaban J connectivity index is 2.21. The number of halogens is 1. The second kappa shape index (κ2) is 6.32. The van der Waals surface area contributed by atoms with Gasteiger partial charge in [0.05, 0.1) is 21.6 Å². The summed E-state index contributed by atoms with van der Waals surface area (Å²) in [5.74, 6) is -0.465. The van der Waals surface area contributed by atoms with Crippen LogP contribution in [-0.4, -0.2) is 15.8 Å². The molecule has 0 aliphatic rings.